The van der Waals surface area contributed by atoms with Crippen LogP contribution in [-0.2, 0) is 9.53 Å². The lowest BCUT2D eigenvalue weighted by Gasteiger charge is -2.31. The summed E-state index contributed by atoms with van der Waals surface area (Å²) in [6.07, 6.45) is 1.99. The third kappa shape index (κ3) is 3.64. The highest BCUT2D eigenvalue weighted by Crippen LogP contribution is 2.21. The molecule has 4 nitrogen and oxygen atoms in total. The predicted molar refractivity (Wildman–Crippen MR) is 71.7 cm³/mol. The highest BCUT2D eigenvalue weighted by atomic mass is 32.1. The number of nitrogens with one attached hydrogen (secondary N) is 1. The standard InChI is InChI=1S/C12H22N2O2S/c1-8(9-4-6-16-7-5-9)14-11(15)12(2,3)10(13)17/h8-9H,4-7H2,1-3H3,(H2,13,17)(H,14,15). The fourth-order valence-corrected chi connectivity index (χ4v) is 1.93. The van der Waals surface area contributed by atoms with Crippen LogP contribution in [-0.4, -0.2) is 30.2 Å². The third-order valence-corrected chi connectivity index (χ3v) is 4.03. The van der Waals surface area contributed by atoms with Crippen LogP contribution in [0.25, 0.3) is 0 Å². The molecule has 0 bridgehead atoms. The number of hydrogen-bond donors (Lipinski definition) is 2. The van der Waals surface area contributed by atoms with Gasteiger partial charge in [-0.3, -0.25) is 4.79 Å². The van der Waals surface area contributed by atoms with E-state index in [0.717, 1.165) is 26.1 Å². The zero-order chi connectivity index (χ0) is 13.1. The van der Waals surface area contributed by atoms with E-state index in [0.29, 0.717) is 5.92 Å². The molecule has 1 heterocycles. The molecule has 0 saturated carbocycles. The summed E-state index contributed by atoms with van der Waals surface area (Å²) >= 11 is 4.91. The van der Waals surface area contributed by atoms with Gasteiger partial charge >= 0.3 is 0 Å². The molecule has 0 spiro atoms. The molecular formula is C12H22N2O2S. The van der Waals surface area contributed by atoms with Gasteiger partial charge in [0.15, 0.2) is 0 Å². The lowest BCUT2D eigenvalue weighted by molar-refractivity contribution is -0.127. The van der Waals surface area contributed by atoms with Crippen molar-refractivity contribution in [3.8, 4) is 0 Å². The van der Waals surface area contributed by atoms with Gasteiger partial charge in [-0.05, 0) is 39.5 Å². The molecule has 0 aliphatic carbocycles. The van der Waals surface area contributed by atoms with Crippen LogP contribution in [0.4, 0.5) is 0 Å². The highest BCUT2D eigenvalue weighted by molar-refractivity contribution is 7.80. The Morgan fingerprint density at radius 2 is 2.00 bits per heavy atom. The number of ether oxygens (including phenoxy) is 1. The predicted octanol–water partition coefficient (Wildman–Crippen LogP) is 1.23. The number of carbonyl (C=O) groups is 1. The first-order chi connectivity index (χ1) is 7.85. The second-order valence-electron chi connectivity index (χ2n) is 5.20. The lowest BCUT2D eigenvalue weighted by Crippen LogP contribution is -2.50. The van der Waals surface area contributed by atoms with Gasteiger partial charge in [0.1, 0.15) is 0 Å². The molecule has 1 aliphatic rings. The van der Waals surface area contributed by atoms with E-state index >= 15 is 0 Å². The molecule has 98 valence electrons. The molecule has 1 amide bonds. The molecule has 17 heavy (non-hydrogen) atoms. The van der Waals surface area contributed by atoms with Crippen molar-refractivity contribution in [3.63, 3.8) is 0 Å². The molecule has 3 N–H and O–H groups in total. The number of amides is 1. The Balaban J connectivity index is 2.53. The number of nitrogens with two attached hydrogens (primary N) is 1. The maximum atomic E-state index is 12.0. The van der Waals surface area contributed by atoms with Gasteiger partial charge in [-0.15, -0.1) is 0 Å². The molecule has 1 rings (SSSR count). The number of thiocarbonyl (C=S) groups is 1. The quantitative estimate of drug-likeness (QED) is 0.744. The van der Waals surface area contributed by atoms with E-state index in [9.17, 15) is 4.79 Å². The average molecular weight is 258 g/mol. The van der Waals surface area contributed by atoms with Gasteiger partial charge in [-0.1, -0.05) is 12.2 Å². The minimum Gasteiger partial charge on any atom is -0.392 e. The molecule has 5 heteroatoms. The zero-order valence-corrected chi connectivity index (χ0v) is 11.6. The van der Waals surface area contributed by atoms with Gasteiger partial charge in [0.2, 0.25) is 5.91 Å². The second-order valence-corrected chi connectivity index (χ2v) is 5.64. The van der Waals surface area contributed by atoms with Crippen molar-refractivity contribution in [3.05, 3.63) is 0 Å². The molecule has 1 atom stereocenters. The van der Waals surface area contributed by atoms with E-state index in [2.05, 4.69) is 5.32 Å². The van der Waals surface area contributed by atoms with Crippen LogP contribution >= 0.6 is 12.2 Å². The van der Waals surface area contributed by atoms with Crippen LogP contribution in [0.3, 0.4) is 0 Å². The minimum absolute atomic E-state index is 0.0935. The van der Waals surface area contributed by atoms with Crippen molar-refractivity contribution in [2.24, 2.45) is 17.1 Å². The van der Waals surface area contributed by atoms with Crippen LogP contribution in [0, 0.1) is 11.3 Å². The third-order valence-electron chi connectivity index (χ3n) is 3.52. The van der Waals surface area contributed by atoms with Crippen molar-refractivity contribution in [1.29, 1.82) is 0 Å². The van der Waals surface area contributed by atoms with Crippen LogP contribution in [0.1, 0.15) is 33.6 Å². The topological polar surface area (TPSA) is 64.4 Å². The Morgan fingerprint density at radius 1 is 1.47 bits per heavy atom. The van der Waals surface area contributed by atoms with Gasteiger partial charge in [0.25, 0.3) is 0 Å². The van der Waals surface area contributed by atoms with Gasteiger partial charge < -0.3 is 15.8 Å². The Hall–Kier alpha value is -0.680. The van der Waals surface area contributed by atoms with Crippen molar-refractivity contribution in [1.82, 2.24) is 5.32 Å². The van der Waals surface area contributed by atoms with Crippen molar-refractivity contribution < 1.29 is 9.53 Å². The van der Waals surface area contributed by atoms with Gasteiger partial charge in [-0.2, -0.15) is 0 Å². The molecule has 1 aliphatic heterocycles. The second kappa shape index (κ2) is 5.78. The Labute approximate surface area is 108 Å². The average Bonchev–Trinajstić information content (AvgIpc) is 2.29. The molecule has 1 unspecified atom stereocenters. The first kappa shape index (κ1) is 14.4. The van der Waals surface area contributed by atoms with Crippen LogP contribution in [0.2, 0.25) is 0 Å². The van der Waals surface area contributed by atoms with Crippen molar-refractivity contribution in [2.45, 2.75) is 39.7 Å². The van der Waals surface area contributed by atoms with E-state index in [1.807, 2.05) is 6.92 Å². The number of carbonyl (C=O) groups excluding carboxylic acids is 1. The summed E-state index contributed by atoms with van der Waals surface area (Å²) < 4.78 is 5.31. The van der Waals surface area contributed by atoms with Crippen molar-refractivity contribution in [2.75, 3.05) is 13.2 Å². The van der Waals surface area contributed by atoms with Crippen molar-refractivity contribution >= 4 is 23.1 Å². The largest absolute Gasteiger partial charge is 0.392 e. The summed E-state index contributed by atoms with van der Waals surface area (Å²) in [5, 5.41) is 3.01. The van der Waals surface area contributed by atoms with Crippen LogP contribution < -0.4 is 11.1 Å². The summed E-state index contributed by atoms with van der Waals surface area (Å²) in [5.74, 6) is 0.388. The molecular weight excluding hydrogens is 236 g/mol. The maximum absolute atomic E-state index is 12.0. The molecule has 0 aromatic heterocycles. The van der Waals surface area contributed by atoms with E-state index in [1.165, 1.54) is 0 Å². The summed E-state index contributed by atoms with van der Waals surface area (Å²) in [7, 11) is 0. The minimum atomic E-state index is -0.783. The van der Waals surface area contributed by atoms with E-state index < -0.39 is 5.41 Å². The number of rotatable bonds is 4. The molecule has 1 fully saturated rings. The molecule has 0 aromatic rings. The SMILES string of the molecule is CC(NC(=O)C(C)(C)C(N)=S)C1CCOCC1. The molecule has 0 radical (unpaired) electrons. The fourth-order valence-electron chi connectivity index (χ4n) is 1.83. The Kier molecular flexibility index (Phi) is 4.89. The Morgan fingerprint density at radius 3 is 2.47 bits per heavy atom. The number of hydrogen-bond acceptors (Lipinski definition) is 3. The van der Waals surface area contributed by atoms with Crippen LogP contribution in [0.5, 0.6) is 0 Å². The Bertz CT molecular complexity index is 299. The van der Waals surface area contributed by atoms with Gasteiger partial charge in [-0.25, -0.2) is 0 Å². The maximum Gasteiger partial charge on any atom is 0.232 e. The fraction of sp³-hybridized carbons (Fsp3) is 0.833. The first-order valence-corrected chi connectivity index (χ1v) is 6.45. The summed E-state index contributed by atoms with van der Waals surface area (Å²) in [6.45, 7) is 7.10. The molecule has 1 saturated heterocycles. The van der Waals surface area contributed by atoms with E-state index in [4.69, 9.17) is 22.7 Å². The summed E-state index contributed by atoms with van der Waals surface area (Å²) in [4.78, 5) is 12.3. The van der Waals surface area contributed by atoms with Gasteiger partial charge in [0, 0.05) is 19.3 Å². The first-order valence-electron chi connectivity index (χ1n) is 6.04. The zero-order valence-electron chi connectivity index (χ0n) is 10.8. The van der Waals surface area contributed by atoms with E-state index in [-0.39, 0.29) is 16.9 Å². The van der Waals surface area contributed by atoms with E-state index in [1.54, 1.807) is 13.8 Å². The normalized spacial score (nSPS) is 19.7. The molecule has 0 aromatic carbocycles. The summed E-state index contributed by atoms with van der Waals surface area (Å²) in [5.41, 5.74) is 4.79. The smallest absolute Gasteiger partial charge is 0.232 e. The highest BCUT2D eigenvalue weighted by Gasteiger charge is 2.33. The monoisotopic (exact) mass is 258 g/mol. The summed E-state index contributed by atoms with van der Waals surface area (Å²) in [6, 6.07) is 0.139. The van der Waals surface area contributed by atoms with Gasteiger partial charge in [0.05, 0.1) is 10.4 Å². The van der Waals surface area contributed by atoms with Crippen LogP contribution in [0.15, 0.2) is 0 Å². The lowest BCUT2D eigenvalue weighted by atomic mass is 9.89.